The first-order valence-corrected chi connectivity index (χ1v) is 7.45. The molecule has 7 heteroatoms. The van der Waals surface area contributed by atoms with Crippen molar-refractivity contribution in [3.63, 3.8) is 0 Å². The summed E-state index contributed by atoms with van der Waals surface area (Å²) >= 11 is 11.7. The van der Waals surface area contributed by atoms with Crippen LogP contribution >= 0.6 is 23.2 Å². The molecule has 2 rings (SSSR count). The Morgan fingerprint density at radius 1 is 1.04 bits per heavy atom. The van der Waals surface area contributed by atoms with Crippen molar-refractivity contribution in [1.29, 1.82) is 0 Å². The van der Waals surface area contributed by atoms with Crippen LogP contribution in [0.1, 0.15) is 5.56 Å². The quantitative estimate of drug-likeness (QED) is 0.863. The molecule has 0 aliphatic carbocycles. The minimum atomic E-state index is -0.443. The van der Waals surface area contributed by atoms with Gasteiger partial charge >= 0.3 is 0 Å². The molecule has 0 aliphatic rings. The summed E-state index contributed by atoms with van der Waals surface area (Å²) in [6.07, 6.45) is -0.0110. The summed E-state index contributed by atoms with van der Waals surface area (Å²) in [4.78, 5) is 23.5. The van der Waals surface area contributed by atoms with Gasteiger partial charge in [0.2, 0.25) is 11.8 Å². The van der Waals surface area contributed by atoms with Crippen LogP contribution in [0.25, 0.3) is 0 Å². The van der Waals surface area contributed by atoms with E-state index in [1.807, 2.05) is 0 Å². The largest absolute Gasteiger partial charge is 0.347 e. The fourth-order valence-corrected chi connectivity index (χ4v) is 2.20. The molecular weight excluding hydrogens is 342 g/mol. The van der Waals surface area contributed by atoms with Gasteiger partial charge < -0.3 is 10.6 Å². The van der Waals surface area contributed by atoms with Gasteiger partial charge in [0.15, 0.2) is 0 Å². The van der Waals surface area contributed by atoms with Crippen molar-refractivity contribution >= 4 is 40.7 Å². The summed E-state index contributed by atoms with van der Waals surface area (Å²) < 4.78 is 13.0. The van der Waals surface area contributed by atoms with Gasteiger partial charge in [0.05, 0.1) is 23.7 Å². The molecule has 2 aromatic rings. The van der Waals surface area contributed by atoms with E-state index >= 15 is 0 Å². The molecular formula is C16H13Cl2FN2O2. The van der Waals surface area contributed by atoms with E-state index in [-0.39, 0.29) is 18.9 Å². The van der Waals surface area contributed by atoms with Crippen molar-refractivity contribution in [3.05, 3.63) is 63.9 Å². The molecule has 23 heavy (non-hydrogen) atoms. The molecule has 0 bridgehead atoms. The number of hydrogen-bond donors (Lipinski definition) is 2. The monoisotopic (exact) mass is 354 g/mol. The van der Waals surface area contributed by atoms with Crippen LogP contribution < -0.4 is 10.6 Å². The van der Waals surface area contributed by atoms with Crippen molar-refractivity contribution in [2.45, 2.75) is 6.42 Å². The number of rotatable bonds is 5. The molecule has 0 atom stereocenters. The molecule has 2 N–H and O–H groups in total. The van der Waals surface area contributed by atoms with Gasteiger partial charge in [0.25, 0.3) is 0 Å². The Kier molecular flexibility index (Phi) is 5.96. The summed E-state index contributed by atoms with van der Waals surface area (Å²) in [5.41, 5.74) is 0.893. The number of carbonyl (C=O) groups is 2. The summed E-state index contributed by atoms with van der Waals surface area (Å²) in [6.45, 7) is -0.225. The molecule has 0 unspecified atom stereocenters. The number of hydrogen-bond acceptors (Lipinski definition) is 2. The third-order valence-electron chi connectivity index (χ3n) is 2.90. The Labute approximate surface area is 142 Å². The lowest BCUT2D eigenvalue weighted by Gasteiger charge is -2.09. The molecule has 0 fully saturated rings. The standard InChI is InChI=1S/C16H13Cl2FN2O2/c17-11-4-5-13(18)14(8-11)21-16(23)9-20-15(22)7-10-2-1-3-12(19)6-10/h1-6,8H,7,9H2,(H,20,22)(H,21,23). The number of amides is 2. The second-order valence-corrected chi connectivity index (χ2v) is 5.60. The molecule has 0 spiro atoms. The maximum absolute atomic E-state index is 13.0. The molecule has 0 saturated carbocycles. The topological polar surface area (TPSA) is 58.2 Å². The van der Waals surface area contributed by atoms with Crippen LogP contribution in [-0.2, 0) is 16.0 Å². The highest BCUT2D eigenvalue weighted by Gasteiger charge is 2.09. The SMILES string of the molecule is O=C(Cc1cccc(F)c1)NCC(=O)Nc1cc(Cl)ccc1Cl. The number of anilines is 1. The Bertz CT molecular complexity index is 738. The number of carbonyl (C=O) groups excluding carboxylic acids is 2. The second-order valence-electron chi connectivity index (χ2n) is 4.76. The van der Waals surface area contributed by atoms with Gasteiger partial charge in [-0.05, 0) is 35.9 Å². The van der Waals surface area contributed by atoms with Crippen LogP contribution in [0.5, 0.6) is 0 Å². The van der Waals surface area contributed by atoms with E-state index < -0.39 is 11.7 Å². The molecule has 0 aliphatic heterocycles. The lowest BCUT2D eigenvalue weighted by molar-refractivity contribution is -0.123. The number of nitrogens with one attached hydrogen (secondary N) is 2. The van der Waals surface area contributed by atoms with Gasteiger partial charge in [-0.3, -0.25) is 9.59 Å². The van der Waals surface area contributed by atoms with Crippen molar-refractivity contribution in [1.82, 2.24) is 5.32 Å². The summed E-state index contributed by atoms with van der Waals surface area (Å²) in [5, 5.41) is 5.78. The van der Waals surface area contributed by atoms with Gasteiger partial charge in [-0.1, -0.05) is 35.3 Å². The molecule has 0 radical (unpaired) electrons. The first kappa shape index (κ1) is 17.2. The zero-order chi connectivity index (χ0) is 16.8. The normalized spacial score (nSPS) is 10.2. The van der Waals surface area contributed by atoms with Crippen molar-refractivity contribution in [3.8, 4) is 0 Å². The molecule has 4 nitrogen and oxygen atoms in total. The van der Waals surface area contributed by atoms with Gasteiger partial charge in [0.1, 0.15) is 5.82 Å². The predicted octanol–water partition coefficient (Wildman–Crippen LogP) is 3.43. The first-order chi connectivity index (χ1) is 10.9. The van der Waals surface area contributed by atoms with Crippen LogP contribution in [0.4, 0.5) is 10.1 Å². The van der Waals surface area contributed by atoms with E-state index in [1.165, 1.54) is 24.3 Å². The third kappa shape index (κ3) is 5.54. The van der Waals surface area contributed by atoms with E-state index in [0.717, 1.165) is 0 Å². The van der Waals surface area contributed by atoms with Gasteiger partial charge in [0, 0.05) is 5.02 Å². The molecule has 0 heterocycles. The van der Waals surface area contributed by atoms with Crippen molar-refractivity contribution in [2.24, 2.45) is 0 Å². The van der Waals surface area contributed by atoms with Crippen LogP contribution in [0.2, 0.25) is 10.0 Å². The Morgan fingerprint density at radius 2 is 1.83 bits per heavy atom. The minimum absolute atomic E-state index is 0.0110. The van der Waals surface area contributed by atoms with Crippen LogP contribution in [0.3, 0.4) is 0 Å². The average molecular weight is 355 g/mol. The highest BCUT2D eigenvalue weighted by atomic mass is 35.5. The van der Waals surface area contributed by atoms with E-state index in [1.54, 1.807) is 18.2 Å². The second kappa shape index (κ2) is 7.94. The van der Waals surface area contributed by atoms with Crippen LogP contribution in [0, 0.1) is 5.82 Å². The maximum Gasteiger partial charge on any atom is 0.243 e. The summed E-state index contributed by atoms with van der Waals surface area (Å²) in [7, 11) is 0. The zero-order valence-corrected chi connectivity index (χ0v) is 13.4. The van der Waals surface area contributed by atoms with Gasteiger partial charge in [-0.15, -0.1) is 0 Å². The first-order valence-electron chi connectivity index (χ1n) is 6.70. The fourth-order valence-electron chi connectivity index (χ4n) is 1.86. The van der Waals surface area contributed by atoms with Crippen LogP contribution in [0.15, 0.2) is 42.5 Å². The summed E-state index contributed by atoms with van der Waals surface area (Å²) in [6, 6.07) is 10.4. The third-order valence-corrected chi connectivity index (χ3v) is 3.47. The molecule has 2 amide bonds. The highest BCUT2D eigenvalue weighted by molar-refractivity contribution is 6.35. The molecule has 0 saturated heterocycles. The fraction of sp³-hybridized carbons (Fsp3) is 0.125. The predicted molar refractivity (Wildman–Crippen MR) is 88.2 cm³/mol. The van der Waals surface area contributed by atoms with Gasteiger partial charge in [-0.2, -0.15) is 0 Å². The Balaban J connectivity index is 1.84. The number of benzene rings is 2. The lowest BCUT2D eigenvalue weighted by atomic mass is 10.1. The van der Waals surface area contributed by atoms with E-state index in [4.69, 9.17) is 23.2 Å². The number of halogens is 3. The maximum atomic E-state index is 13.0. The van der Waals surface area contributed by atoms with E-state index in [2.05, 4.69) is 10.6 Å². The smallest absolute Gasteiger partial charge is 0.243 e. The highest BCUT2D eigenvalue weighted by Crippen LogP contribution is 2.25. The summed E-state index contributed by atoms with van der Waals surface area (Å²) in [5.74, 6) is -1.24. The molecule has 2 aromatic carbocycles. The van der Waals surface area contributed by atoms with E-state index in [9.17, 15) is 14.0 Å². The molecule has 0 aromatic heterocycles. The van der Waals surface area contributed by atoms with Gasteiger partial charge in [-0.25, -0.2) is 4.39 Å². The Morgan fingerprint density at radius 3 is 2.57 bits per heavy atom. The van der Waals surface area contributed by atoms with Crippen LogP contribution in [-0.4, -0.2) is 18.4 Å². The average Bonchev–Trinajstić information content (AvgIpc) is 2.49. The molecule has 120 valence electrons. The Hall–Kier alpha value is -2.11. The van der Waals surface area contributed by atoms with Crippen molar-refractivity contribution in [2.75, 3.05) is 11.9 Å². The zero-order valence-electron chi connectivity index (χ0n) is 11.9. The van der Waals surface area contributed by atoms with Crippen molar-refractivity contribution < 1.29 is 14.0 Å². The minimum Gasteiger partial charge on any atom is -0.347 e. The van der Waals surface area contributed by atoms with E-state index in [0.29, 0.717) is 21.3 Å². The lowest BCUT2D eigenvalue weighted by Crippen LogP contribution is -2.33.